The lowest BCUT2D eigenvalue weighted by Crippen LogP contribution is -2.46. The van der Waals surface area contributed by atoms with E-state index in [2.05, 4.69) is 25.2 Å². The van der Waals surface area contributed by atoms with E-state index in [-0.39, 0.29) is 17.1 Å². The van der Waals surface area contributed by atoms with E-state index in [9.17, 15) is 9.59 Å². The third-order valence-electron chi connectivity index (χ3n) is 6.46. The molecule has 1 saturated heterocycles. The topological polar surface area (TPSA) is 153 Å². The summed E-state index contributed by atoms with van der Waals surface area (Å²) in [5.74, 6) is 1.42. The zero-order chi connectivity index (χ0) is 25.8. The van der Waals surface area contributed by atoms with Gasteiger partial charge in [-0.2, -0.15) is 4.99 Å². The Balaban J connectivity index is 1.38. The van der Waals surface area contributed by atoms with Crippen molar-refractivity contribution in [3.05, 3.63) is 35.7 Å². The van der Waals surface area contributed by atoms with Crippen molar-refractivity contribution in [2.24, 2.45) is 4.99 Å². The molecule has 13 heteroatoms. The highest BCUT2D eigenvalue weighted by Gasteiger charge is 2.21. The lowest BCUT2D eigenvalue weighted by Gasteiger charge is -2.32. The summed E-state index contributed by atoms with van der Waals surface area (Å²) >= 11 is 0. The number of amides is 2. The number of carbonyl (C=O) groups is 2. The molecule has 1 aromatic carbocycles. The fraction of sp³-hybridized carbons (Fsp3) is 0.417. The van der Waals surface area contributed by atoms with Crippen molar-refractivity contribution in [3.8, 4) is 11.5 Å². The van der Waals surface area contributed by atoms with E-state index in [0.29, 0.717) is 36.7 Å². The molecule has 5 rings (SSSR count). The van der Waals surface area contributed by atoms with E-state index in [1.807, 2.05) is 16.7 Å². The van der Waals surface area contributed by atoms with E-state index in [1.54, 1.807) is 12.0 Å². The molecular formula is C24H29N9O4. The van der Waals surface area contributed by atoms with Crippen LogP contribution in [0.5, 0.6) is 11.5 Å². The number of ether oxygens (including phenoxy) is 2. The van der Waals surface area contributed by atoms with Gasteiger partial charge in [0.25, 0.3) is 5.91 Å². The van der Waals surface area contributed by atoms with Gasteiger partial charge in [-0.05, 0) is 18.6 Å². The molecule has 0 aliphatic carbocycles. The number of aromatic nitrogens is 4. The van der Waals surface area contributed by atoms with Crippen LogP contribution in [-0.4, -0.2) is 94.6 Å². The minimum absolute atomic E-state index is 0.0811. The standard InChI is InChI=1S/C24H29N9O4/c1-36-20-18(37-12-2-6-31-8-10-32(15-34)11-9-31)4-3-17-19(20)29-24(33-7-5-26-21(17)33)30-22(35)16-13-27-23(25)28-14-16/h3-4,13-15,26H,2,5-12H2,1H3,(H2,25,27,28). The van der Waals surface area contributed by atoms with E-state index >= 15 is 0 Å². The van der Waals surface area contributed by atoms with E-state index in [4.69, 9.17) is 20.2 Å². The Labute approximate surface area is 212 Å². The molecule has 0 spiro atoms. The average Bonchev–Trinajstić information content (AvgIpc) is 3.42. The van der Waals surface area contributed by atoms with Crippen LogP contribution in [0, 0.1) is 0 Å². The van der Waals surface area contributed by atoms with Crippen LogP contribution < -0.4 is 26.1 Å². The summed E-state index contributed by atoms with van der Waals surface area (Å²) in [5.41, 5.74) is 6.54. The van der Waals surface area contributed by atoms with Crippen LogP contribution in [0.4, 0.5) is 11.8 Å². The number of nitrogens with two attached hydrogens (primary N) is 1. The van der Waals surface area contributed by atoms with Crippen LogP contribution in [0.1, 0.15) is 16.8 Å². The van der Waals surface area contributed by atoms with Crippen molar-refractivity contribution in [2.45, 2.75) is 13.0 Å². The SMILES string of the molecule is COc1c(OCCCN2CCN(C=O)CC2)ccc2c3n(c(=NC(=O)c4cnc(N)nc4)nc12)CCN3. The van der Waals surface area contributed by atoms with Crippen molar-refractivity contribution in [2.75, 3.05) is 64.0 Å². The van der Waals surface area contributed by atoms with Gasteiger partial charge in [0.15, 0.2) is 11.5 Å². The molecule has 2 amide bonds. The first-order valence-electron chi connectivity index (χ1n) is 12.1. The van der Waals surface area contributed by atoms with E-state index in [0.717, 1.165) is 56.8 Å². The summed E-state index contributed by atoms with van der Waals surface area (Å²) in [6.07, 6.45) is 4.42. The van der Waals surface area contributed by atoms with Gasteiger partial charge < -0.3 is 25.4 Å². The van der Waals surface area contributed by atoms with Crippen LogP contribution in [0.2, 0.25) is 0 Å². The van der Waals surface area contributed by atoms with Crippen LogP contribution in [0.15, 0.2) is 29.5 Å². The molecule has 1 fully saturated rings. The quantitative estimate of drug-likeness (QED) is 0.318. The van der Waals surface area contributed by atoms with Crippen LogP contribution in [0.25, 0.3) is 10.9 Å². The molecule has 2 aliphatic heterocycles. The molecule has 194 valence electrons. The number of fused-ring (bicyclic) bond motifs is 3. The highest BCUT2D eigenvalue weighted by molar-refractivity contribution is 5.96. The predicted octanol–water partition coefficient (Wildman–Crippen LogP) is 0.127. The van der Waals surface area contributed by atoms with Gasteiger partial charge >= 0.3 is 0 Å². The fourth-order valence-electron chi connectivity index (χ4n) is 4.51. The van der Waals surface area contributed by atoms with Gasteiger partial charge in [0, 0.05) is 63.6 Å². The number of piperazine rings is 1. The first kappa shape index (κ1) is 24.4. The minimum Gasteiger partial charge on any atom is -0.491 e. The largest absolute Gasteiger partial charge is 0.491 e. The Morgan fingerprint density at radius 1 is 1.19 bits per heavy atom. The van der Waals surface area contributed by atoms with E-state index < -0.39 is 5.91 Å². The summed E-state index contributed by atoms with van der Waals surface area (Å²) in [5, 5.41) is 4.20. The molecule has 0 radical (unpaired) electrons. The summed E-state index contributed by atoms with van der Waals surface area (Å²) < 4.78 is 13.7. The third-order valence-corrected chi connectivity index (χ3v) is 6.46. The van der Waals surface area contributed by atoms with Gasteiger partial charge in [-0.25, -0.2) is 15.0 Å². The number of nitrogen functional groups attached to an aromatic ring is 1. The average molecular weight is 508 g/mol. The molecule has 37 heavy (non-hydrogen) atoms. The van der Waals surface area contributed by atoms with Crippen molar-refractivity contribution in [1.82, 2.24) is 29.3 Å². The highest BCUT2D eigenvalue weighted by Crippen LogP contribution is 2.37. The maximum atomic E-state index is 12.8. The first-order chi connectivity index (χ1) is 18.1. The second kappa shape index (κ2) is 10.8. The predicted molar refractivity (Wildman–Crippen MR) is 135 cm³/mol. The molecule has 0 saturated carbocycles. The van der Waals surface area contributed by atoms with Crippen molar-refractivity contribution in [1.29, 1.82) is 0 Å². The Morgan fingerprint density at radius 2 is 1.97 bits per heavy atom. The molecule has 3 N–H and O–H groups in total. The van der Waals surface area contributed by atoms with Gasteiger partial charge in [0.05, 0.1) is 19.3 Å². The number of carbonyl (C=O) groups excluding carboxylic acids is 2. The molecular weight excluding hydrogens is 478 g/mol. The highest BCUT2D eigenvalue weighted by atomic mass is 16.5. The summed E-state index contributed by atoms with van der Waals surface area (Å²) in [4.78, 5) is 44.5. The Hall–Kier alpha value is -4.26. The molecule has 0 bridgehead atoms. The monoisotopic (exact) mass is 507 g/mol. The van der Waals surface area contributed by atoms with Gasteiger partial charge in [0.1, 0.15) is 11.3 Å². The van der Waals surface area contributed by atoms with E-state index in [1.165, 1.54) is 12.4 Å². The maximum Gasteiger partial charge on any atom is 0.283 e. The zero-order valence-electron chi connectivity index (χ0n) is 20.6. The number of nitrogens with zero attached hydrogens (tertiary/aromatic N) is 7. The molecule has 3 aromatic rings. The number of rotatable bonds is 8. The Bertz CT molecular complexity index is 1370. The fourth-order valence-corrected chi connectivity index (χ4v) is 4.51. The molecule has 2 aliphatic rings. The van der Waals surface area contributed by atoms with Crippen LogP contribution >= 0.6 is 0 Å². The smallest absolute Gasteiger partial charge is 0.283 e. The summed E-state index contributed by atoms with van der Waals surface area (Å²) in [6.45, 7) is 5.93. The van der Waals surface area contributed by atoms with Gasteiger partial charge in [-0.3, -0.25) is 19.1 Å². The van der Waals surface area contributed by atoms with Gasteiger partial charge in [-0.15, -0.1) is 0 Å². The van der Waals surface area contributed by atoms with Crippen molar-refractivity contribution in [3.63, 3.8) is 0 Å². The number of anilines is 2. The molecule has 4 heterocycles. The Kier molecular flexibility index (Phi) is 7.12. The molecule has 2 aromatic heterocycles. The van der Waals surface area contributed by atoms with Gasteiger partial charge in [-0.1, -0.05) is 0 Å². The van der Waals surface area contributed by atoms with Crippen molar-refractivity contribution < 1.29 is 19.1 Å². The number of hydrogen-bond acceptors (Lipinski definition) is 10. The Morgan fingerprint density at radius 3 is 2.70 bits per heavy atom. The normalized spacial score (nSPS) is 15.9. The molecule has 13 nitrogen and oxygen atoms in total. The first-order valence-corrected chi connectivity index (χ1v) is 12.1. The number of methoxy groups -OCH3 is 1. The van der Waals surface area contributed by atoms with Crippen LogP contribution in [0.3, 0.4) is 0 Å². The maximum absolute atomic E-state index is 12.8. The number of hydrogen-bond donors (Lipinski definition) is 2. The third kappa shape index (κ3) is 5.16. The molecule has 0 atom stereocenters. The second-order valence-electron chi connectivity index (χ2n) is 8.76. The minimum atomic E-state index is -0.520. The van der Waals surface area contributed by atoms with Crippen molar-refractivity contribution >= 4 is 35.0 Å². The zero-order valence-corrected chi connectivity index (χ0v) is 20.6. The lowest BCUT2D eigenvalue weighted by molar-refractivity contribution is -0.119. The summed E-state index contributed by atoms with van der Waals surface area (Å²) in [6, 6.07) is 3.81. The number of benzene rings is 1. The summed E-state index contributed by atoms with van der Waals surface area (Å²) in [7, 11) is 1.57. The number of nitrogens with one attached hydrogen (secondary N) is 1. The molecule has 0 unspecified atom stereocenters. The van der Waals surface area contributed by atoms with Gasteiger partial charge in [0.2, 0.25) is 18.0 Å². The van der Waals surface area contributed by atoms with Crippen LogP contribution in [-0.2, 0) is 11.3 Å². The second-order valence-corrected chi connectivity index (χ2v) is 8.76. The lowest BCUT2D eigenvalue weighted by atomic mass is 10.2.